The van der Waals surface area contributed by atoms with Gasteiger partial charge in [-0.1, -0.05) is 61.0 Å². The number of nitrogens with zero attached hydrogens (tertiary/aromatic N) is 1. The molecule has 0 aliphatic heterocycles. The Balaban J connectivity index is 1.78. The van der Waals surface area contributed by atoms with Crippen LogP contribution in [0.25, 0.3) is 0 Å². The second kappa shape index (κ2) is 9.29. The molecule has 0 amide bonds. The van der Waals surface area contributed by atoms with Crippen LogP contribution in [-0.2, 0) is 13.1 Å². The summed E-state index contributed by atoms with van der Waals surface area (Å²) in [5, 5.41) is 14.0. The Hall–Kier alpha value is -2.56. The minimum absolute atomic E-state index is 0.349. The highest BCUT2D eigenvalue weighted by Crippen LogP contribution is 2.24. The van der Waals surface area contributed by atoms with Crippen molar-refractivity contribution in [1.29, 1.82) is 0 Å². The van der Waals surface area contributed by atoms with Gasteiger partial charge in [0.15, 0.2) is 0 Å². The van der Waals surface area contributed by atoms with Crippen LogP contribution in [0.15, 0.2) is 54.6 Å². The normalized spacial score (nSPS) is 12.1. The van der Waals surface area contributed by atoms with Gasteiger partial charge in [0.05, 0.1) is 5.56 Å². The molecule has 2 aromatic carbocycles. The first kappa shape index (κ1) is 21.2. The lowest BCUT2D eigenvalue weighted by Gasteiger charge is -2.14. The van der Waals surface area contributed by atoms with Gasteiger partial charge in [-0.2, -0.15) is 0 Å². The van der Waals surface area contributed by atoms with Crippen molar-refractivity contribution >= 4 is 17.6 Å². The molecule has 1 aromatic heterocycles. The van der Waals surface area contributed by atoms with Crippen LogP contribution in [-0.4, -0.2) is 22.2 Å². The predicted molar refractivity (Wildman–Crippen MR) is 118 cm³/mol. The van der Waals surface area contributed by atoms with E-state index in [1.54, 1.807) is 0 Å². The van der Waals surface area contributed by atoms with E-state index < -0.39 is 5.97 Å². The lowest BCUT2D eigenvalue weighted by atomic mass is 10.0. The number of rotatable bonds is 8. The topological polar surface area (TPSA) is 54.3 Å². The molecule has 5 heteroatoms. The van der Waals surface area contributed by atoms with E-state index in [1.807, 2.05) is 56.3 Å². The zero-order chi connectivity index (χ0) is 21.0. The number of aromatic nitrogens is 1. The van der Waals surface area contributed by atoms with E-state index in [0.29, 0.717) is 29.6 Å². The molecule has 2 N–H and O–H groups in total. The third-order valence-corrected chi connectivity index (χ3v) is 5.75. The van der Waals surface area contributed by atoms with E-state index in [-0.39, 0.29) is 0 Å². The lowest BCUT2D eigenvalue weighted by Crippen LogP contribution is -2.21. The van der Waals surface area contributed by atoms with Gasteiger partial charge in [0.25, 0.3) is 0 Å². The molecule has 0 radical (unpaired) electrons. The van der Waals surface area contributed by atoms with Crippen LogP contribution in [0.5, 0.6) is 0 Å². The van der Waals surface area contributed by atoms with Gasteiger partial charge in [0.1, 0.15) is 0 Å². The number of carbonyl (C=O) groups is 1. The summed E-state index contributed by atoms with van der Waals surface area (Å²) < 4.78 is 2.07. The molecule has 3 rings (SSSR count). The summed E-state index contributed by atoms with van der Waals surface area (Å²) in [6, 6.07) is 18.0. The first-order valence-electron chi connectivity index (χ1n) is 9.80. The average molecular weight is 411 g/mol. The van der Waals surface area contributed by atoms with Crippen molar-refractivity contribution < 1.29 is 9.90 Å². The van der Waals surface area contributed by atoms with Gasteiger partial charge < -0.3 is 15.0 Å². The first-order valence-corrected chi connectivity index (χ1v) is 10.2. The van der Waals surface area contributed by atoms with Crippen LogP contribution >= 0.6 is 11.6 Å². The SMILES string of the molecule is Cc1c(CNC[C@H](C)c2ccccc2)c(C(=O)O)c(C)n1Cc1ccc(Cl)cc1. The zero-order valence-corrected chi connectivity index (χ0v) is 17.8. The third-order valence-electron chi connectivity index (χ3n) is 5.50. The van der Waals surface area contributed by atoms with Crippen LogP contribution in [0.1, 0.15) is 51.3 Å². The monoisotopic (exact) mass is 410 g/mol. The Morgan fingerprint density at radius 2 is 1.72 bits per heavy atom. The third kappa shape index (κ3) is 4.89. The maximum atomic E-state index is 12.0. The van der Waals surface area contributed by atoms with E-state index in [2.05, 4.69) is 28.9 Å². The lowest BCUT2D eigenvalue weighted by molar-refractivity contribution is 0.0694. The van der Waals surface area contributed by atoms with Crippen LogP contribution in [0.4, 0.5) is 0 Å². The van der Waals surface area contributed by atoms with E-state index in [0.717, 1.165) is 29.1 Å². The van der Waals surface area contributed by atoms with E-state index in [4.69, 9.17) is 11.6 Å². The van der Waals surface area contributed by atoms with Gasteiger partial charge in [-0.15, -0.1) is 0 Å². The highest BCUT2D eigenvalue weighted by Gasteiger charge is 2.22. The molecular weight excluding hydrogens is 384 g/mol. The molecule has 0 fully saturated rings. The summed E-state index contributed by atoms with van der Waals surface area (Å²) in [5.41, 5.74) is 5.37. The van der Waals surface area contributed by atoms with Crippen molar-refractivity contribution in [3.63, 3.8) is 0 Å². The molecule has 0 aliphatic rings. The molecule has 3 aromatic rings. The molecule has 29 heavy (non-hydrogen) atoms. The van der Waals surface area contributed by atoms with Crippen LogP contribution in [0, 0.1) is 13.8 Å². The van der Waals surface area contributed by atoms with Gasteiger partial charge in [-0.05, 0) is 43.0 Å². The molecule has 0 unspecified atom stereocenters. The second-order valence-electron chi connectivity index (χ2n) is 7.48. The maximum absolute atomic E-state index is 12.0. The Kier molecular flexibility index (Phi) is 6.78. The summed E-state index contributed by atoms with van der Waals surface area (Å²) in [6.45, 7) is 7.97. The van der Waals surface area contributed by atoms with Gasteiger partial charge in [0, 0.05) is 41.6 Å². The molecule has 1 heterocycles. The zero-order valence-electron chi connectivity index (χ0n) is 17.1. The summed E-state index contributed by atoms with van der Waals surface area (Å²) in [4.78, 5) is 12.0. The van der Waals surface area contributed by atoms with Crippen molar-refractivity contribution in [3.8, 4) is 0 Å². The minimum atomic E-state index is -0.881. The predicted octanol–water partition coefficient (Wildman–Crippen LogP) is 5.40. The number of hydrogen-bond donors (Lipinski definition) is 2. The largest absolute Gasteiger partial charge is 0.478 e. The second-order valence-corrected chi connectivity index (χ2v) is 7.92. The van der Waals surface area contributed by atoms with Crippen molar-refractivity contribution in [2.45, 2.75) is 39.8 Å². The number of benzene rings is 2. The molecule has 1 atom stereocenters. The van der Waals surface area contributed by atoms with Crippen molar-refractivity contribution in [2.24, 2.45) is 0 Å². The van der Waals surface area contributed by atoms with Gasteiger partial charge >= 0.3 is 5.97 Å². The molecule has 0 saturated heterocycles. The number of aromatic carboxylic acids is 1. The van der Waals surface area contributed by atoms with Crippen molar-refractivity contribution in [1.82, 2.24) is 9.88 Å². The molecule has 0 spiro atoms. The number of nitrogens with one attached hydrogen (secondary N) is 1. The highest BCUT2D eigenvalue weighted by molar-refractivity contribution is 6.30. The molecule has 4 nitrogen and oxygen atoms in total. The minimum Gasteiger partial charge on any atom is -0.478 e. The summed E-state index contributed by atoms with van der Waals surface area (Å²) in [7, 11) is 0. The van der Waals surface area contributed by atoms with Crippen molar-refractivity contribution in [2.75, 3.05) is 6.54 Å². The summed E-state index contributed by atoms with van der Waals surface area (Å²) in [5.74, 6) is -0.532. The summed E-state index contributed by atoms with van der Waals surface area (Å²) in [6.07, 6.45) is 0. The van der Waals surface area contributed by atoms with Crippen molar-refractivity contribution in [3.05, 3.63) is 93.3 Å². The maximum Gasteiger partial charge on any atom is 0.337 e. The highest BCUT2D eigenvalue weighted by atomic mass is 35.5. The molecular formula is C24H27ClN2O2. The number of halogens is 1. The van der Waals surface area contributed by atoms with E-state index in [1.165, 1.54) is 5.56 Å². The Labute approximate surface area is 177 Å². The molecule has 0 bridgehead atoms. The van der Waals surface area contributed by atoms with Crippen LogP contribution in [0.2, 0.25) is 5.02 Å². The standard InChI is InChI=1S/C24H27ClN2O2/c1-16(20-7-5-4-6-8-20)13-26-14-22-17(2)27(18(3)23(22)24(28)29)15-19-9-11-21(25)12-10-19/h4-12,16,26H,13-15H2,1-3H3,(H,28,29)/t16-/m0/s1. The molecule has 152 valence electrons. The molecule has 0 aliphatic carbocycles. The van der Waals surface area contributed by atoms with Gasteiger partial charge in [-0.25, -0.2) is 4.79 Å². The fraction of sp³-hybridized carbons (Fsp3) is 0.292. The van der Waals surface area contributed by atoms with Gasteiger partial charge in [-0.3, -0.25) is 0 Å². The molecule has 0 saturated carbocycles. The fourth-order valence-electron chi connectivity index (χ4n) is 3.77. The van der Waals surface area contributed by atoms with Gasteiger partial charge in [0.2, 0.25) is 0 Å². The first-order chi connectivity index (χ1) is 13.9. The van der Waals surface area contributed by atoms with Crippen LogP contribution in [0.3, 0.4) is 0 Å². The Bertz CT molecular complexity index is 978. The fourth-order valence-corrected chi connectivity index (χ4v) is 3.90. The Morgan fingerprint density at radius 3 is 2.34 bits per heavy atom. The average Bonchev–Trinajstić information content (AvgIpc) is 2.94. The summed E-state index contributed by atoms with van der Waals surface area (Å²) >= 11 is 5.98. The van der Waals surface area contributed by atoms with Crippen LogP contribution < -0.4 is 5.32 Å². The number of carboxylic acids is 1. The number of carboxylic acid groups (broad SMARTS) is 1. The quantitative estimate of drug-likeness (QED) is 0.522. The Morgan fingerprint density at radius 1 is 1.07 bits per heavy atom. The smallest absolute Gasteiger partial charge is 0.337 e. The number of hydrogen-bond acceptors (Lipinski definition) is 2. The van der Waals surface area contributed by atoms with E-state index in [9.17, 15) is 9.90 Å². The van der Waals surface area contributed by atoms with E-state index >= 15 is 0 Å².